The quantitative estimate of drug-likeness (QED) is 0.621. The van der Waals surface area contributed by atoms with E-state index in [9.17, 15) is 0 Å². The van der Waals surface area contributed by atoms with Gasteiger partial charge in [-0.3, -0.25) is 4.40 Å². The van der Waals surface area contributed by atoms with Gasteiger partial charge < -0.3 is 0 Å². The average Bonchev–Trinajstić information content (AvgIpc) is 2.83. The number of hydrogen-bond acceptors (Lipinski definition) is 2. The topological polar surface area (TPSA) is 17.3 Å². The van der Waals surface area contributed by atoms with Gasteiger partial charge in [-0.05, 0) is 13.8 Å². The molecular formula is C13H12N2S. The lowest BCUT2D eigenvalue weighted by molar-refractivity contribution is 1.12. The fraction of sp³-hybridized carbons (Fsp3) is 0.154. The second-order valence-corrected chi connectivity index (χ2v) is 5.05. The van der Waals surface area contributed by atoms with E-state index >= 15 is 0 Å². The Morgan fingerprint density at radius 1 is 1.12 bits per heavy atom. The fourth-order valence-electron chi connectivity index (χ4n) is 1.91. The molecule has 2 aromatic heterocycles. The van der Waals surface area contributed by atoms with Crippen molar-refractivity contribution in [3.05, 3.63) is 47.1 Å². The maximum Gasteiger partial charge on any atom is 0.194 e. The first-order valence-corrected chi connectivity index (χ1v) is 6.08. The number of aromatic nitrogens is 2. The van der Waals surface area contributed by atoms with E-state index in [2.05, 4.69) is 47.5 Å². The molecule has 0 bridgehead atoms. The Bertz CT molecular complexity index is 635. The van der Waals surface area contributed by atoms with Gasteiger partial charge in [0.1, 0.15) is 0 Å². The van der Waals surface area contributed by atoms with E-state index in [4.69, 9.17) is 0 Å². The third kappa shape index (κ3) is 1.28. The van der Waals surface area contributed by atoms with Gasteiger partial charge in [0.15, 0.2) is 4.96 Å². The summed E-state index contributed by atoms with van der Waals surface area (Å²) in [5, 5.41) is 0. The summed E-state index contributed by atoms with van der Waals surface area (Å²) >= 11 is 1.75. The van der Waals surface area contributed by atoms with Crippen LogP contribution in [0.3, 0.4) is 0 Å². The molecule has 0 aliphatic carbocycles. The Labute approximate surface area is 98.2 Å². The van der Waals surface area contributed by atoms with Crippen molar-refractivity contribution in [3.63, 3.8) is 0 Å². The normalized spacial score (nSPS) is 11.1. The third-order valence-electron chi connectivity index (χ3n) is 2.89. The summed E-state index contributed by atoms with van der Waals surface area (Å²) < 4.78 is 2.23. The summed E-state index contributed by atoms with van der Waals surface area (Å²) in [6.07, 6.45) is 1.95. The summed E-state index contributed by atoms with van der Waals surface area (Å²) in [5.74, 6) is 0. The zero-order valence-corrected chi connectivity index (χ0v) is 10.1. The lowest BCUT2D eigenvalue weighted by Crippen LogP contribution is -1.88. The first-order valence-electron chi connectivity index (χ1n) is 5.26. The number of benzene rings is 1. The zero-order valence-electron chi connectivity index (χ0n) is 9.27. The van der Waals surface area contributed by atoms with Crippen molar-refractivity contribution in [3.8, 4) is 11.3 Å². The number of hydrogen-bond donors (Lipinski definition) is 0. The van der Waals surface area contributed by atoms with Crippen molar-refractivity contribution < 1.29 is 0 Å². The number of aryl methyl sites for hydroxylation is 2. The molecule has 0 saturated heterocycles. The molecule has 16 heavy (non-hydrogen) atoms. The van der Waals surface area contributed by atoms with E-state index in [-0.39, 0.29) is 0 Å². The summed E-state index contributed by atoms with van der Waals surface area (Å²) in [4.78, 5) is 6.87. The molecule has 2 heterocycles. The number of fused-ring (bicyclic) bond motifs is 1. The van der Waals surface area contributed by atoms with Crippen LogP contribution in [0.15, 0.2) is 36.5 Å². The molecule has 3 rings (SSSR count). The largest absolute Gasteiger partial charge is 0.287 e. The van der Waals surface area contributed by atoms with Crippen LogP contribution in [0.1, 0.15) is 10.6 Å². The second-order valence-electron chi connectivity index (χ2n) is 3.87. The summed E-state index contributed by atoms with van der Waals surface area (Å²) in [6, 6.07) is 10.4. The van der Waals surface area contributed by atoms with E-state index in [1.165, 1.54) is 21.8 Å². The molecule has 3 aromatic rings. The molecule has 80 valence electrons. The smallest absolute Gasteiger partial charge is 0.194 e. The second kappa shape index (κ2) is 3.46. The highest BCUT2D eigenvalue weighted by molar-refractivity contribution is 7.17. The Balaban J connectivity index is 2.32. The Morgan fingerprint density at radius 2 is 1.88 bits per heavy atom. The zero-order chi connectivity index (χ0) is 11.1. The summed E-state index contributed by atoms with van der Waals surface area (Å²) in [7, 11) is 0. The molecule has 0 radical (unpaired) electrons. The van der Waals surface area contributed by atoms with Crippen molar-refractivity contribution in [2.24, 2.45) is 0 Å². The molecule has 0 atom stereocenters. The van der Waals surface area contributed by atoms with E-state index in [0.29, 0.717) is 0 Å². The third-order valence-corrected chi connectivity index (χ3v) is 3.96. The van der Waals surface area contributed by atoms with Crippen LogP contribution in [0.2, 0.25) is 0 Å². The SMILES string of the molecule is Cc1sc2ncc(-c3ccccc3)n2c1C. The number of nitrogens with zero attached hydrogens (tertiary/aromatic N) is 2. The van der Waals surface area contributed by atoms with Crippen LogP contribution in [0.4, 0.5) is 0 Å². The minimum Gasteiger partial charge on any atom is -0.287 e. The number of imidazole rings is 1. The monoisotopic (exact) mass is 228 g/mol. The predicted molar refractivity (Wildman–Crippen MR) is 68.0 cm³/mol. The van der Waals surface area contributed by atoms with Crippen LogP contribution in [-0.4, -0.2) is 9.38 Å². The van der Waals surface area contributed by atoms with Crippen molar-refractivity contribution in [1.29, 1.82) is 0 Å². The molecule has 0 aliphatic heterocycles. The van der Waals surface area contributed by atoms with Crippen LogP contribution < -0.4 is 0 Å². The van der Waals surface area contributed by atoms with Gasteiger partial charge in [-0.2, -0.15) is 0 Å². The molecule has 1 aromatic carbocycles. The molecule has 0 aliphatic rings. The van der Waals surface area contributed by atoms with Crippen LogP contribution in [0, 0.1) is 13.8 Å². The number of thiazole rings is 1. The van der Waals surface area contributed by atoms with Crippen LogP contribution in [0.5, 0.6) is 0 Å². The molecule has 0 spiro atoms. The molecule has 2 nitrogen and oxygen atoms in total. The van der Waals surface area contributed by atoms with Gasteiger partial charge in [-0.25, -0.2) is 4.98 Å². The Hall–Kier alpha value is -1.61. The van der Waals surface area contributed by atoms with Gasteiger partial charge in [-0.15, -0.1) is 11.3 Å². The molecule has 3 heteroatoms. The Morgan fingerprint density at radius 3 is 2.62 bits per heavy atom. The van der Waals surface area contributed by atoms with E-state index < -0.39 is 0 Å². The standard InChI is InChI=1S/C13H12N2S/c1-9-10(2)16-13-14-8-12(15(9)13)11-6-4-3-5-7-11/h3-8H,1-2H3. The van der Waals surface area contributed by atoms with E-state index in [0.717, 1.165) is 4.96 Å². The van der Waals surface area contributed by atoms with Crippen molar-refractivity contribution in [1.82, 2.24) is 9.38 Å². The molecule has 0 amide bonds. The average molecular weight is 228 g/mol. The van der Waals surface area contributed by atoms with Crippen molar-refractivity contribution in [2.75, 3.05) is 0 Å². The summed E-state index contributed by atoms with van der Waals surface area (Å²) in [5.41, 5.74) is 3.68. The van der Waals surface area contributed by atoms with Gasteiger partial charge in [0.2, 0.25) is 0 Å². The van der Waals surface area contributed by atoms with Crippen LogP contribution in [0.25, 0.3) is 16.2 Å². The van der Waals surface area contributed by atoms with Crippen LogP contribution >= 0.6 is 11.3 Å². The maximum absolute atomic E-state index is 4.46. The fourth-order valence-corrected chi connectivity index (χ4v) is 2.86. The Kier molecular flexibility index (Phi) is 2.07. The van der Waals surface area contributed by atoms with Crippen molar-refractivity contribution >= 4 is 16.3 Å². The van der Waals surface area contributed by atoms with Crippen molar-refractivity contribution in [2.45, 2.75) is 13.8 Å². The minimum absolute atomic E-state index is 1.08. The molecule has 0 N–H and O–H groups in total. The lowest BCUT2D eigenvalue weighted by Gasteiger charge is -2.01. The molecule has 0 unspecified atom stereocenters. The first kappa shape index (κ1) is 9.60. The predicted octanol–water partition coefficient (Wildman–Crippen LogP) is 3.68. The van der Waals surface area contributed by atoms with E-state index in [1.807, 2.05) is 12.3 Å². The van der Waals surface area contributed by atoms with Gasteiger partial charge >= 0.3 is 0 Å². The highest BCUT2D eigenvalue weighted by atomic mass is 32.1. The highest BCUT2D eigenvalue weighted by Crippen LogP contribution is 2.28. The van der Waals surface area contributed by atoms with Gasteiger partial charge in [0, 0.05) is 16.1 Å². The van der Waals surface area contributed by atoms with Gasteiger partial charge in [0.05, 0.1) is 11.9 Å². The van der Waals surface area contributed by atoms with Gasteiger partial charge in [-0.1, -0.05) is 30.3 Å². The van der Waals surface area contributed by atoms with Crippen LogP contribution in [-0.2, 0) is 0 Å². The molecular weight excluding hydrogens is 216 g/mol. The van der Waals surface area contributed by atoms with Gasteiger partial charge in [0.25, 0.3) is 0 Å². The maximum atomic E-state index is 4.46. The molecule has 0 fully saturated rings. The minimum atomic E-state index is 1.08. The lowest BCUT2D eigenvalue weighted by atomic mass is 10.2. The van der Waals surface area contributed by atoms with E-state index in [1.54, 1.807) is 11.3 Å². The first-order chi connectivity index (χ1) is 7.77. The highest BCUT2D eigenvalue weighted by Gasteiger charge is 2.11. The summed E-state index contributed by atoms with van der Waals surface area (Å²) in [6.45, 7) is 4.29. The number of rotatable bonds is 1. The molecule has 0 saturated carbocycles.